The maximum absolute atomic E-state index is 13.1. The van der Waals surface area contributed by atoms with Crippen LogP contribution in [-0.2, 0) is 28.3 Å². The second-order valence-electron chi connectivity index (χ2n) is 7.30. The SMILES string of the molecule is O=C1OCc2c(cc3n(c2=O)Cc2cc4cc5c(cc4nc2-3)OCO5)[C@@]1(O)CO. The van der Waals surface area contributed by atoms with Crippen LogP contribution in [0, 0.1) is 0 Å². The number of cyclic esters (lactones) is 1. The number of rotatable bonds is 1. The van der Waals surface area contributed by atoms with E-state index in [0.29, 0.717) is 34.9 Å². The second kappa shape index (κ2) is 5.34. The molecule has 29 heavy (non-hydrogen) atoms. The van der Waals surface area contributed by atoms with Crippen LogP contribution in [-0.4, -0.2) is 39.1 Å². The molecule has 2 aromatic heterocycles. The average molecular weight is 394 g/mol. The summed E-state index contributed by atoms with van der Waals surface area (Å²) in [4.78, 5) is 29.8. The summed E-state index contributed by atoms with van der Waals surface area (Å²) in [7, 11) is 0. The molecule has 0 radical (unpaired) electrons. The van der Waals surface area contributed by atoms with Crippen molar-refractivity contribution in [2.24, 2.45) is 0 Å². The number of aromatic nitrogens is 2. The highest BCUT2D eigenvalue weighted by Crippen LogP contribution is 2.40. The molecule has 1 atom stereocenters. The van der Waals surface area contributed by atoms with E-state index in [-0.39, 0.29) is 30.1 Å². The zero-order valence-electron chi connectivity index (χ0n) is 15.0. The molecule has 0 amide bonds. The van der Waals surface area contributed by atoms with Gasteiger partial charge in [-0.1, -0.05) is 0 Å². The third-order valence-electron chi connectivity index (χ3n) is 5.72. The minimum absolute atomic E-state index is 0.0629. The number of ether oxygens (including phenoxy) is 3. The van der Waals surface area contributed by atoms with Crippen molar-refractivity contribution in [1.82, 2.24) is 9.55 Å². The molecule has 0 saturated heterocycles. The largest absolute Gasteiger partial charge is 0.458 e. The van der Waals surface area contributed by atoms with Crippen molar-refractivity contribution in [3.63, 3.8) is 0 Å². The van der Waals surface area contributed by atoms with Gasteiger partial charge in [0.05, 0.1) is 35.6 Å². The lowest BCUT2D eigenvalue weighted by atomic mass is 9.88. The van der Waals surface area contributed by atoms with Gasteiger partial charge in [0.2, 0.25) is 12.4 Å². The first kappa shape index (κ1) is 16.5. The lowest BCUT2D eigenvalue weighted by molar-refractivity contribution is -0.176. The predicted molar refractivity (Wildman–Crippen MR) is 97.4 cm³/mol. The van der Waals surface area contributed by atoms with E-state index in [1.807, 2.05) is 12.1 Å². The fourth-order valence-corrected chi connectivity index (χ4v) is 4.19. The maximum atomic E-state index is 13.1. The van der Waals surface area contributed by atoms with Crippen LogP contribution in [0.25, 0.3) is 22.3 Å². The maximum Gasteiger partial charge on any atom is 0.345 e. The number of esters is 1. The molecular weight excluding hydrogens is 380 g/mol. The third-order valence-corrected chi connectivity index (χ3v) is 5.72. The van der Waals surface area contributed by atoms with Crippen LogP contribution in [0.4, 0.5) is 0 Å². The molecule has 3 aliphatic rings. The highest BCUT2D eigenvalue weighted by molar-refractivity contribution is 5.88. The summed E-state index contributed by atoms with van der Waals surface area (Å²) >= 11 is 0. The summed E-state index contributed by atoms with van der Waals surface area (Å²) in [6, 6.07) is 7.10. The van der Waals surface area contributed by atoms with Gasteiger partial charge in [-0.3, -0.25) is 4.79 Å². The summed E-state index contributed by atoms with van der Waals surface area (Å²) in [5, 5.41) is 21.1. The van der Waals surface area contributed by atoms with Crippen molar-refractivity contribution in [2.45, 2.75) is 18.8 Å². The van der Waals surface area contributed by atoms with Gasteiger partial charge >= 0.3 is 5.97 Å². The predicted octanol–water partition coefficient (Wildman–Crippen LogP) is 0.391. The van der Waals surface area contributed by atoms with Crippen molar-refractivity contribution in [2.75, 3.05) is 13.4 Å². The summed E-state index contributed by atoms with van der Waals surface area (Å²) in [6.07, 6.45) is 0. The zero-order chi connectivity index (χ0) is 19.9. The quantitative estimate of drug-likeness (QED) is 0.445. The summed E-state index contributed by atoms with van der Waals surface area (Å²) in [5.41, 5.74) is 0.122. The first-order valence-corrected chi connectivity index (χ1v) is 9.01. The Morgan fingerprint density at radius 2 is 1.90 bits per heavy atom. The number of aliphatic hydroxyl groups excluding tert-OH is 1. The Labute approximate surface area is 162 Å². The molecular formula is C20H14N2O7. The summed E-state index contributed by atoms with van der Waals surface area (Å²) in [5.74, 6) is 0.267. The normalized spacial score (nSPS) is 21.0. The molecule has 0 unspecified atom stereocenters. The topological polar surface area (TPSA) is 120 Å². The highest BCUT2D eigenvalue weighted by atomic mass is 16.7. The fourth-order valence-electron chi connectivity index (χ4n) is 4.19. The molecule has 0 aliphatic carbocycles. The molecule has 0 bridgehead atoms. The van der Waals surface area contributed by atoms with Crippen molar-refractivity contribution in [1.29, 1.82) is 0 Å². The molecule has 0 spiro atoms. The zero-order valence-corrected chi connectivity index (χ0v) is 15.0. The van der Waals surface area contributed by atoms with Crippen molar-refractivity contribution >= 4 is 16.9 Å². The van der Waals surface area contributed by atoms with Gasteiger partial charge in [0.15, 0.2) is 11.5 Å². The Balaban J connectivity index is 1.61. The lowest BCUT2D eigenvalue weighted by Gasteiger charge is -2.30. The highest BCUT2D eigenvalue weighted by Gasteiger charge is 2.46. The van der Waals surface area contributed by atoms with Gasteiger partial charge in [0.1, 0.15) is 6.61 Å². The van der Waals surface area contributed by atoms with Crippen LogP contribution in [0.2, 0.25) is 0 Å². The van der Waals surface area contributed by atoms with E-state index in [0.717, 1.165) is 10.9 Å². The number of carbonyl (C=O) groups is 1. The van der Waals surface area contributed by atoms with Crippen LogP contribution >= 0.6 is 0 Å². The van der Waals surface area contributed by atoms with Crippen molar-refractivity contribution < 1.29 is 29.2 Å². The van der Waals surface area contributed by atoms with Gasteiger partial charge in [0.25, 0.3) is 5.56 Å². The van der Waals surface area contributed by atoms with E-state index in [1.54, 1.807) is 12.1 Å². The Kier molecular flexibility index (Phi) is 3.04. The molecule has 0 fully saturated rings. The van der Waals surface area contributed by atoms with Gasteiger partial charge < -0.3 is 29.0 Å². The van der Waals surface area contributed by atoms with Crippen LogP contribution in [0.15, 0.2) is 29.1 Å². The van der Waals surface area contributed by atoms with Gasteiger partial charge in [-0.15, -0.1) is 0 Å². The molecule has 2 N–H and O–H groups in total. The van der Waals surface area contributed by atoms with Crippen molar-refractivity contribution in [3.8, 4) is 22.9 Å². The lowest BCUT2D eigenvalue weighted by Crippen LogP contribution is -2.47. The fraction of sp³-hybridized carbons (Fsp3) is 0.250. The summed E-state index contributed by atoms with van der Waals surface area (Å²) < 4.78 is 17.3. The molecule has 3 aliphatic heterocycles. The monoisotopic (exact) mass is 394 g/mol. The minimum Gasteiger partial charge on any atom is -0.458 e. The van der Waals surface area contributed by atoms with E-state index >= 15 is 0 Å². The molecule has 3 aromatic rings. The minimum atomic E-state index is -2.27. The van der Waals surface area contributed by atoms with Crippen LogP contribution in [0.3, 0.4) is 0 Å². The van der Waals surface area contributed by atoms with Crippen LogP contribution in [0.1, 0.15) is 16.7 Å². The van der Waals surface area contributed by atoms with E-state index in [1.165, 1.54) is 4.57 Å². The number of aliphatic hydroxyl groups is 2. The average Bonchev–Trinajstić information content (AvgIpc) is 3.32. The van der Waals surface area contributed by atoms with Gasteiger partial charge in [-0.25, -0.2) is 9.78 Å². The number of benzene rings is 1. The molecule has 1 aromatic carbocycles. The Morgan fingerprint density at radius 1 is 1.10 bits per heavy atom. The molecule has 0 saturated carbocycles. The van der Waals surface area contributed by atoms with E-state index in [9.17, 15) is 19.8 Å². The molecule has 9 nitrogen and oxygen atoms in total. The Hall–Kier alpha value is -3.43. The first-order valence-electron chi connectivity index (χ1n) is 9.01. The Bertz CT molecular complexity index is 1310. The van der Waals surface area contributed by atoms with E-state index < -0.39 is 18.2 Å². The number of hydrogen-bond acceptors (Lipinski definition) is 8. The number of fused-ring (bicyclic) bond motifs is 6. The van der Waals surface area contributed by atoms with Gasteiger partial charge in [0, 0.05) is 22.6 Å². The Morgan fingerprint density at radius 3 is 2.69 bits per heavy atom. The summed E-state index contributed by atoms with van der Waals surface area (Å²) in [6.45, 7) is -0.669. The molecule has 5 heterocycles. The van der Waals surface area contributed by atoms with Gasteiger partial charge in [-0.05, 0) is 18.2 Å². The van der Waals surface area contributed by atoms with E-state index in [2.05, 4.69) is 0 Å². The van der Waals surface area contributed by atoms with Crippen molar-refractivity contribution in [3.05, 3.63) is 51.3 Å². The van der Waals surface area contributed by atoms with E-state index in [4.69, 9.17) is 19.2 Å². The van der Waals surface area contributed by atoms with Gasteiger partial charge in [-0.2, -0.15) is 0 Å². The van der Waals surface area contributed by atoms with Crippen LogP contribution < -0.4 is 15.0 Å². The van der Waals surface area contributed by atoms with Crippen LogP contribution in [0.5, 0.6) is 11.5 Å². The molecule has 9 heteroatoms. The first-order chi connectivity index (χ1) is 14.0. The smallest absolute Gasteiger partial charge is 0.345 e. The molecule has 6 rings (SSSR count). The standard InChI is InChI=1S/C20H14N2O7/c23-7-20(26)12-3-14-17-10(5-22(14)18(24)11(12)6-27-19(20)25)1-9-2-15-16(29-8-28-15)4-13(9)21-17/h1-4,23,26H,5-8H2/t20-/m0/s1. The number of nitrogens with zero attached hydrogens (tertiary/aromatic N) is 2. The number of carbonyl (C=O) groups excluding carboxylic acids is 1. The second-order valence-corrected chi connectivity index (χ2v) is 7.30. The third kappa shape index (κ3) is 2.03. The number of hydrogen-bond donors (Lipinski definition) is 2. The number of pyridine rings is 2. The molecule has 146 valence electrons.